The van der Waals surface area contributed by atoms with Gasteiger partial charge in [0.1, 0.15) is 5.52 Å². The van der Waals surface area contributed by atoms with Crippen LogP contribution in [0.5, 0.6) is 0 Å². The van der Waals surface area contributed by atoms with E-state index in [1.807, 2.05) is 26.0 Å². The van der Waals surface area contributed by atoms with Crippen LogP contribution >= 0.6 is 0 Å². The number of fused-ring (bicyclic) bond motifs is 1. The molecule has 0 bridgehead atoms. The third-order valence-electron chi connectivity index (χ3n) is 4.09. The number of benzene rings is 1. The van der Waals surface area contributed by atoms with Crippen molar-refractivity contribution in [2.45, 2.75) is 38.6 Å². The van der Waals surface area contributed by atoms with Crippen molar-refractivity contribution >= 4 is 22.8 Å². The summed E-state index contributed by atoms with van der Waals surface area (Å²) in [6, 6.07) is 5.03. The second-order valence-corrected chi connectivity index (χ2v) is 6.06. The highest BCUT2D eigenvalue weighted by Gasteiger charge is 2.28. The molecule has 2 aromatic rings. The van der Waals surface area contributed by atoms with Gasteiger partial charge in [0.2, 0.25) is 0 Å². The Morgan fingerprint density at radius 3 is 2.91 bits per heavy atom. The molecule has 1 heterocycles. The first kappa shape index (κ1) is 14.8. The number of nitrogens with zero attached hydrogens (tertiary/aromatic N) is 1. The molecule has 22 heavy (non-hydrogen) atoms. The number of carbonyl (C=O) groups is 1. The van der Waals surface area contributed by atoms with E-state index in [2.05, 4.69) is 15.6 Å². The number of aliphatic hydroxyl groups excluding tert-OH is 1. The molecule has 0 aliphatic heterocycles. The summed E-state index contributed by atoms with van der Waals surface area (Å²) < 4.78 is 5.70. The van der Waals surface area contributed by atoms with Gasteiger partial charge in [0, 0.05) is 24.3 Å². The molecule has 3 N–H and O–H groups in total. The lowest BCUT2D eigenvalue weighted by Gasteiger charge is -2.19. The molecule has 2 amide bonds. The number of amides is 2. The molecule has 0 radical (unpaired) electrons. The van der Waals surface area contributed by atoms with Gasteiger partial charge in [0.05, 0.1) is 0 Å². The van der Waals surface area contributed by atoms with Crippen molar-refractivity contribution in [1.29, 1.82) is 0 Å². The third-order valence-corrected chi connectivity index (χ3v) is 4.09. The van der Waals surface area contributed by atoms with E-state index in [0.29, 0.717) is 11.6 Å². The molecule has 6 heteroatoms. The number of rotatable bonds is 5. The second-order valence-electron chi connectivity index (χ2n) is 6.06. The molecule has 1 saturated carbocycles. The summed E-state index contributed by atoms with van der Waals surface area (Å²) in [5.74, 6) is 1.26. The zero-order valence-electron chi connectivity index (χ0n) is 12.8. The highest BCUT2D eigenvalue weighted by Crippen LogP contribution is 2.40. The Labute approximate surface area is 128 Å². The molecular formula is C16H21N3O3. The van der Waals surface area contributed by atoms with Crippen LogP contribution in [-0.2, 0) is 0 Å². The fourth-order valence-electron chi connectivity index (χ4n) is 2.20. The molecule has 1 fully saturated rings. The number of anilines is 1. The van der Waals surface area contributed by atoms with Crippen LogP contribution in [0.15, 0.2) is 22.6 Å². The van der Waals surface area contributed by atoms with Crippen LogP contribution in [0.3, 0.4) is 0 Å². The molecule has 0 spiro atoms. The predicted octanol–water partition coefficient (Wildman–Crippen LogP) is 2.84. The third kappa shape index (κ3) is 3.22. The van der Waals surface area contributed by atoms with Crippen LogP contribution in [0.4, 0.5) is 10.5 Å². The number of aromatic nitrogens is 1. The van der Waals surface area contributed by atoms with Crippen LogP contribution in [0, 0.1) is 5.92 Å². The van der Waals surface area contributed by atoms with E-state index >= 15 is 0 Å². The van der Waals surface area contributed by atoms with E-state index in [1.165, 1.54) is 0 Å². The lowest BCUT2D eigenvalue weighted by molar-refractivity contribution is 0.204. The van der Waals surface area contributed by atoms with Gasteiger partial charge in [-0.3, -0.25) is 0 Å². The lowest BCUT2D eigenvalue weighted by Crippen LogP contribution is -2.40. The summed E-state index contributed by atoms with van der Waals surface area (Å²) >= 11 is 0. The highest BCUT2D eigenvalue weighted by atomic mass is 16.3. The van der Waals surface area contributed by atoms with Crippen LogP contribution in [0.1, 0.15) is 38.5 Å². The summed E-state index contributed by atoms with van der Waals surface area (Å²) in [5, 5.41) is 14.7. The second kappa shape index (κ2) is 5.96. The van der Waals surface area contributed by atoms with Crippen LogP contribution in [-0.4, -0.2) is 28.8 Å². The van der Waals surface area contributed by atoms with Crippen molar-refractivity contribution in [3.63, 3.8) is 0 Å². The average molecular weight is 303 g/mol. The molecule has 3 rings (SSSR count). The quantitative estimate of drug-likeness (QED) is 0.792. The normalized spacial score (nSPS) is 17.2. The zero-order chi connectivity index (χ0) is 15.7. The maximum Gasteiger partial charge on any atom is 0.319 e. The van der Waals surface area contributed by atoms with Crippen molar-refractivity contribution in [2.24, 2.45) is 5.92 Å². The first-order valence-electron chi connectivity index (χ1n) is 7.65. The number of oxazole rings is 1. The SMILES string of the molecule is CC(CO)C(C)NC(=O)Nc1ccc2oc(C3CC3)nc2c1. The van der Waals surface area contributed by atoms with Crippen molar-refractivity contribution in [3.05, 3.63) is 24.1 Å². The Kier molecular flexibility index (Phi) is 4.02. The lowest BCUT2D eigenvalue weighted by atomic mass is 10.1. The predicted molar refractivity (Wildman–Crippen MR) is 83.9 cm³/mol. The minimum atomic E-state index is -0.293. The van der Waals surface area contributed by atoms with Gasteiger partial charge < -0.3 is 20.2 Å². The van der Waals surface area contributed by atoms with Gasteiger partial charge in [-0.05, 0) is 43.9 Å². The van der Waals surface area contributed by atoms with E-state index in [1.54, 1.807) is 6.07 Å². The Morgan fingerprint density at radius 2 is 2.23 bits per heavy atom. The van der Waals surface area contributed by atoms with E-state index < -0.39 is 0 Å². The topological polar surface area (TPSA) is 87.4 Å². The van der Waals surface area contributed by atoms with E-state index in [4.69, 9.17) is 9.52 Å². The van der Waals surface area contributed by atoms with E-state index in [-0.39, 0.29) is 24.6 Å². The first-order valence-corrected chi connectivity index (χ1v) is 7.65. The van der Waals surface area contributed by atoms with E-state index in [0.717, 1.165) is 29.8 Å². The molecule has 118 valence electrons. The molecule has 2 atom stereocenters. The van der Waals surface area contributed by atoms with Crippen molar-refractivity contribution in [3.8, 4) is 0 Å². The van der Waals surface area contributed by atoms with Gasteiger partial charge in [-0.15, -0.1) is 0 Å². The number of nitrogens with one attached hydrogen (secondary N) is 2. The fraction of sp³-hybridized carbons (Fsp3) is 0.500. The molecular weight excluding hydrogens is 282 g/mol. The summed E-state index contributed by atoms with van der Waals surface area (Å²) in [5.41, 5.74) is 2.18. The van der Waals surface area contributed by atoms with Crippen molar-refractivity contribution in [2.75, 3.05) is 11.9 Å². The fourth-order valence-corrected chi connectivity index (χ4v) is 2.20. The van der Waals surface area contributed by atoms with Crippen LogP contribution in [0.2, 0.25) is 0 Å². The molecule has 1 aliphatic rings. The summed E-state index contributed by atoms with van der Waals surface area (Å²) in [6.45, 7) is 3.78. The summed E-state index contributed by atoms with van der Waals surface area (Å²) in [6.07, 6.45) is 2.28. The maximum atomic E-state index is 12.0. The highest BCUT2D eigenvalue weighted by molar-refractivity contribution is 5.91. The minimum absolute atomic E-state index is 0.00451. The number of hydrogen-bond donors (Lipinski definition) is 3. The number of urea groups is 1. The summed E-state index contributed by atoms with van der Waals surface area (Å²) in [7, 11) is 0. The van der Waals surface area contributed by atoms with Gasteiger partial charge >= 0.3 is 6.03 Å². The largest absolute Gasteiger partial charge is 0.440 e. The van der Waals surface area contributed by atoms with Gasteiger partial charge in [-0.2, -0.15) is 0 Å². The number of carbonyl (C=O) groups excluding carboxylic acids is 1. The van der Waals surface area contributed by atoms with E-state index in [9.17, 15) is 4.79 Å². The van der Waals surface area contributed by atoms with Gasteiger partial charge in [-0.1, -0.05) is 6.92 Å². The minimum Gasteiger partial charge on any atom is -0.440 e. The van der Waals surface area contributed by atoms with Crippen LogP contribution < -0.4 is 10.6 Å². The number of aliphatic hydroxyl groups is 1. The van der Waals surface area contributed by atoms with Gasteiger partial charge in [-0.25, -0.2) is 9.78 Å². The van der Waals surface area contributed by atoms with Crippen molar-refractivity contribution in [1.82, 2.24) is 10.3 Å². The molecule has 1 aliphatic carbocycles. The molecule has 0 saturated heterocycles. The molecule has 6 nitrogen and oxygen atoms in total. The number of hydrogen-bond acceptors (Lipinski definition) is 4. The van der Waals surface area contributed by atoms with Crippen molar-refractivity contribution < 1.29 is 14.3 Å². The standard InChI is InChI=1S/C16H21N3O3/c1-9(8-20)10(2)17-16(21)18-12-5-6-14-13(7-12)19-15(22-14)11-3-4-11/h5-7,9-11,20H,3-4,8H2,1-2H3,(H2,17,18,21). The Balaban J connectivity index is 1.66. The molecule has 2 unspecified atom stereocenters. The first-order chi connectivity index (χ1) is 10.6. The Morgan fingerprint density at radius 1 is 1.45 bits per heavy atom. The Hall–Kier alpha value is -2.08. The Bertz CT molecular complexity index is 678. The van der Waals surface area contributed by atoms with Gasteiger partial charge in [0.15, 0.2) is 11.5 Å². The van der Waals surface area contributed by atoms with Gasteiger partial charge in [0.25, 0.3) is 0 Å². The molecule has 1 aromatic carbocycles. The zero-order valence-corrected chi connectivity index (χ0v) is 12.8. The summed E-state index contributed by atoms with van der Waals surface area (Å²) in [4.78, 5) is 16.4. The van der Waals surface area contributed by atoms with Crippen LogP contribution in [0.25, 0.3) is 11.1 Å². The monoisotopic (exact) mass is 303 g/mol. The smallest absolute Gasteiger partial charge is 0.319 e. The maximum absolute atomic E-state index is 12.0. The average Bonchev–Trinajstić information content (AvgIpc) is 3.26. The molecule has 1 aromatic heterocycles.